The van der Waals surface area contributed by atoms with Crippen LogP contribution in [-0.4, -0.2) is 29.1 Å². The lowest BCUT2D eigenvalue weighted by atomic mass is 10.0. The summed E-state index contributed by atoms with van der Waals surface area (Å²) in [7, 11) is 0. The van der Waals surface area contributed by atoms with Crippen LogP contribution >= 0.6 is 0 Å². The van der Waals surface area contributed by atoms with Crippen molar-refractivity contribution in [2.75, 3.05) is 13.1 Å². The van der Waals surface area contributed by atoms with Gasteiger partial charge in [-0.25, -0.2) is 5.01 Å². The van der Waals surface area contributed by atoms with Crippen molar-refractivity contribution in [2.24, 2.45) is 5.73 Å². The van der Waals surface area contributed by atoms with Gasteiger partial charge in [-0.05, 0) is 32.8 Å². The molecule has 3 nitrogen and oxygen atoms in total. The van der Waals surface area contributed by atoms with Crippen LogP contribution < -0.4 is 5.73 Å². The van der Waals surface area contributed by atoms with Crippen LogP contribution in [0, 0.1) is 0 Å². The highest BCUT2D eigenvalue weighted by Gasteiger charge is 2.21. The number of hydrogen-bond donors (Lipinski definition) is 1. The Morgan fingerprint density at radius 1 is 1.30 bits per heavy atom. The van der Waals surface area contributed by atoms with E-state index in [1.165, 1.54) is 0 Å². The number of nitrogens with zero attached hydrogens (tertiary/aromatic N) is 2. The molecule has 0 amide bonds. The third-order valence-electron chi connectivity index (χ3n) is 3.57. The molecule has 114 valence electrons. The zero-order chi connectivity index (χ0) is 15.7. The normalized spacial score (nSPS) is 13.7. The van der Waals surface area contributed by atoms with Crippen molar-refractivity contribution in [3.05, 3.63) is 48.9 Å². The molecule has 2 N–H and O–H groups in total. The third kappa shape index (κ3) is 5.25. The Balaban J connectivity index is 5.29. The largest absolute Gasteiger partial charge is 0.400 e. The van der Waals surface area contributed by atoms with E-state index >= 15 is 0 Å². The zero-order valence-corrected chi connectivity index (χ0v) is 13.7. The molecular weight excluding hydrogens is 246 g/mol. The maximum Gasteiger partial charge on any atom is 0.0661 e. The Labute approximate surface area is 125 Å². The number of rotatable bonds is 10. The first-order chi connectivity index (χ1) is 9.40. The first-order valence-electron chi connectivity index (χ1n) is 7.29. The van der Waals surface area contributed by atoms with Crippen LogP contribution in [0.25, 0.3) is 0 Å². The van der Waals surface area contributed by atoms with Gasteiger partial charge in [-0.1, -0.05) is 38.2 Å². The van der Waals surface area contributed by atoms with Gasteiger partial charge in [0.05, 0.1) is 12.6 Å². The Morgan fingerprint density at radius 3 is 2.30 bits per heavy atom. The zero-order valence-electron chi connectivity index (χ0n) is 13.7. The lowest BCUT2D eigenvalue weighted by Gasteiger charge is -2.38. The number of unbranched alkanes of at least 4 members (excludes halogenated alkanes) is 1. The molecule has 0 fully saturated rings. The van der Waals surface area contributed by atoms with E-state index < -0.39 is 0 Å². The summed E-state index contributed by atoms with van der Waals surface area (Å²) in [5, 5.41) is 4.33. The van der Waals surface area contributed by atoms with Crippen LogP contribution in [0.15, 0.2) is 48.9 Å². The minimum atomic E-state index is 0.108. The van der Waals surface area contributed by atoms with Gasteiger partial charge in [0.1, 0.15) is 0 Å². The average Bonchev–Trinajstić information content (AvgIpc) is 2.44. The van der Waals surface area contributed by atoms with Crippen LogP contribution in [0.2, 0.25) is 0 Å². The number of allylic oxidation sites excluding steroid dienone is 2. The summed E-state index contributed by atoms with van der Waals surface area (Å²) in [5.41, 5.74) is 9.26. The predicted octanol–water partition coefficient (Wildman–Crippen LogP) is 3.83. The summed E-state index contributed by atoms with van der Waals surface area (Å²) in [4.78, 5) is 0. The summed E-state index contributed by atoms with van der Waals surface area (Å²) >= 11 is 0. The van der Waals surface area contributed by atoms with E-state index in [0.29, 0.717) is 0 Å². The summed E-state index contributed by atoms with van der Waals surface area (Å²) < 4.78 is 0. The van der Waals surface area contributed by atoms with Crippen molar-refractivity contribution in [2.45, 2.75) is 46.6 Å². The highest BCUT2D eigenvalue weighted by atomic mass is 15.6. The van der Waals surface area contributed by atoms with Crippen LogP contribution in [0.1, 0.15) is 40.5 Å². The predicted molar refractivity (Wildman–Crippen MR) is 89.9 cm³/mol. The fourth-order valence-electron chi connectivity index (χ4n) is 2.00. The molecule has 0 aliphatic rings. The van der Waals surface area contributed by atoms with E-state index in [0.717, 1.165) is 42.8 Å². The second-order valence-electron chi connectivity index (χ2n) is 5.15. The van der Waals surface area contributed by atoms with Crippen molar-refractivity contribution in [3.8, 4) is 0 Å². The summed E-state index contributed by atoms with van der Waals surface area (Å²) in [6.45, 7) is 21.7. The van der Waals surface area contributed by atoms with E-state index in [9.17, 15) is 0 Å². The monoisotopic (exact) mass is 277 g/mol. The van der Waals surface area contributed by atoms with Gasteiger partial charge >= 0.3 is 0 Å². The fourth-order valence-corrected chi connectivity index (χ4v) is 2.00. The van der Waals surface area contributed by atoms with E-state index in [2.05, 4.69) is 43.6 Å². The van der Waals surface area contributed by atoms with Gasteiger partial charge in [0, 0.05) is 18.4 Å². The maximum atomic E-state index is 6.31. The van der Waals surface area contributed by atoms with E-state index in [1.807, 2.05) is 26.1 Å². The Kier molecular flexibility index (Phi) is 8.73. The molecule has 0 aliphatic carbocycles. The van der Waals surface area contributed by atoms with Gasteiger partial charge in [-0.2, -0.15) is 0 Å². The summed E-state index contributed by atoms with van der Waals surface area (Å²) in [5.74, 6) is 0. The van der Waals surface area contributed by atoms with Gasteiger partial charge in [-0.3, -0.25) is 0 Å². The Hall–Kier alpha value is -1.48. The molecule has 0 radical (unpaired) electrons. The van der Waals surface area contributed by atoms with Crippen molar-refractivity contribution < 1.29 is 0 Å². The average molecular weight is 277 g/mol. The number of nitrogens with two attached hydrogens (primary N) is 1. The minimum absolute atomic E-state index is 0.108. The topological polar surface area (TPSA) is 32.5 Å². The highest BCUT2D eigenvalue weighted by molar-refractivity contribution is 5.30. The first kappa shape index (κ1) is 18.5. The van der Waals surface area contributed by atoms with E-state index in [-0.39, 0.29) is 6.04 Å². The van der Waals surface area contributed by atoms with Crippen molar-refractivity contribution >= 4 is 0 Å². The van der Waals surface area contributed by atoms with Crippen LogP contribution in [0.5, 0.6) is 0 Å². The molecule has 0 aromatic heterocycles. The lowest BCUT2D eigenvalue weighted by molar-refractivity contribution is 0.00577. The molecule has 0 spiro atoms. The second-order valence-corrected chi connectivity index (χ2v) is 5.15. The molecule has 0 aromatic carbocycles. The molecule has 1 unspecified atom stereocenters. The van der Waals surface area contributed by atoms with E-state index in [4.69, 9.17) is 5.73 Å². The molecule has 0 rings (SSSR count). The standard InChI is InChI=1S/C17H31N3/c1-8-11-13-20(19(10-3)12-9-2)16(7)17(18)15(6)14(4)5/h9-10,16H,2-4,8,11-13,18H2,1,5-7H3/b17-15-. The van der Waals surface area contributed by atoms with E-state index in [1.54, 1.807) is 0 Å². The van der Waals surface area contributed by atoms with Gasteiger partial charge < -0.3 is 10.7 Å². The fraction of sp³-hybridized carbons (Fsp3) is 0.529. The molecule has 0 saturated carbocycles. The molecule has 3 heteroatoms. The molecule has 20 heavy (non-hydrogen) atoms. The molecule has 0 bridgehead atoms. The lowest BCUT2D eigenvalue weighted by Crippen LogP contribution is -2.47. The van der Waals surface area contributed by atoms with Gasteiger partial charge in [0.15, 0.2) is 0 Å². The molecule has 0 saturated heterocycles. The van der Waals surface area contributed by atoms with Crippen LogP contribution in [0.3, 0.4) is 0 Å². The number of hydrazine groups is 1. The smallest absolute Gasteiger partial charge is 0.0661 e. The van der Waals surface area contributed by atoms with Gasteiger partial charge in [-0.15, -0.1) is 6.58 Å². The maximum absolute atomic E-state index is 6.31. The highest BCUT2D eigenvalue weighted by Crippen LogP contribution is 2.18. The minimum Gasteiger partial charge on any atom is -0.400 e. The summed E-state index contributed by atoms with van der Waals surface area (Å²) in [6.07, 6.45) is 5.96. The van der Waals surface area contributed by atoms with Gasteiger partial charge in [0.2, 0.25) is 0 Å². The molecule has 0 heterocycles. The Morgan fingerprint density at radius 2 is 1.90 bits per heavy atom. The first-order valence-corrected chi connectivity index (χ1v) is 7.29. The Bertz CT molecular complexity index is 368. The molecule has 0 aliphatic heterocycles. The molecule has 1 atom stereocenters. The molecule has 0 aromatic rings. The SMILES string of the molecule is C=CCN(C=C)N(CCCC)C(C)/C(N)=C(\C)C(=C)C. The third-order valence-corrected chi connectivity index (χ3v) is 3.57. The van der Waals surface area contributed by atoms with Gasteiger partial charge in [0.25, 0.3) is 0 Å². The quantitative estimate of drug-likeness (QED) is 0.374. The molecular formula is C17H31N3. The van der Waals surface area contributed by atoms with Crippen LogP contribution in [0.4, 0.5) is 0 Å². The summed E-state index contributed by atoms with van der Waals surface area (Å²) in [6, 6.07) is 0.108. The second kappa shape index (κ2) is 9.43. The van der Waals surface area contributed by atoms with Crippen LogP contribution in [-0.2, 0) is 0 Å². The van der Waals surface area contributed by atoms with Crippen molar-refractivity contribution in [1.29, 1.82) is 0 Å². The van der Waals surface area contributed by atoms with Crippen molar-refractivity contribution in [1.82, 2.24) is 10.0 Å². The number of hydrogen-bond acceptors (Lipinski definition) is 3. The van der Waals surface area contributed by atoms with Crippen molar-refractivity contribution in [3.63, 3.8) is 0 Å².